The number of nitrogens with zero attached hydrogens (tertiary/aromatic N) is 1. The molecule has 0 aliphatic carbocycles. The molecule has 3 aromatic rings. The van der Waals surface area contributed by atoms with Gasteiger partial charge in [-0.3, -0.25) is 4.79 Å². The van der Waals surface area contributed by atoms with Gasteiger partial charge in [0.05, 0.1) is 15.6 Å². The summed E-state index contributed by atoms with van der Waals surface area (Å²) in [6.45, 7) is 0.0366. The van der Waals surface area contributed by atoms with Crippen molar-refractivity contribution in [2.75, 3.05) is 19.0 Å². The molecule has 8 heteroatoms. The second kappa shape index (κ2) is 9.75. The SMILES string of the molecule is CN(Cc1ccccc1)S(=O)(=O)c1ccc(OCC(=O)Nc2ccccc2Cl)cc1. The topological polar surface area (TPSA) is 75.7 Å². The van der Waals surface area contributed by atoms with Crippen molar-refractivity contribution in [2.24, 2.45) is 0 Å². The van der Waals surface area contributed by atoms with Crippen molar-refractivity contribution < 1.29 is 17.9 Å². The van der Waals surface area contributed by atoms with Gasteiger partial charge in [0.2, 0.25) is 10.0 Å². The Bertz CT molecular complexity index is 1100. The van der Waals surface area contributed by atoms with E-state index in [0.29, 0.717) is 16.5 Å². The Kier molecular flexibility index (Phi) is 7.10. The largest absolute Gasteiger partial charge is 0.484 e. The summed E-state index contributed by atoms with van der Waals surface area (Å²) in [5, 5.41) is 3.09. The average Bonchev–Trinajstić information content (AvgIpc) is 2.75. The zero-order valence-electron chi connectivity index (χ0n) is 16.3. The predicted octanol–water partition coefficient (Wildman–Crippen LogP) is 4.18. The first-order chi connectivity index (χ1) is 14.4. The highest BCUT2D eigenvalue weighted by molar-refractivity contribution is 7.89. The second-order valence-electron chi connectivity index (χ2n) is 6.53. The molecule has 0 saturated carbocycles. The number of carbonyl (C=O) groups is 1. The molecule has 0 aliphatic heterocycles. The highest BCUT2D eigenvalue weighted by atomic mass is 35.5. The third-order valence-corrected chi connectivity index (χ3v) is 6.45. The number of benzene rings is 3. The molecule has 3 aromatic carbocycles. The lowest BCUT2D eigenvalue weighted by atomic mass is 10.2. The van der Waals surface area contributed by atoms with E-state index < -0.39 is 10.0 Å². The van der Waals surface area contributed by atoms with E-state index in [9.17, 15) is 13.2 Å². The number of para-hydroxylation sites is 1. The van der Waals surface area contributed by atoms with Gasteiger partial charge in [0.15, 0.2) is 6.61 Å². The fourth-order valence-corrected chi connectivity index (χ4v) is 4.05. The monoisotopic (exact) mass is 444 g/mol. The van der Waals surface area contributed by atoms with Crippen LogP contribution in [0.25, 0.3) is 0 Å². The molecular weight excluding hydrogens is 424 g/mol. The van der Waals surface area contributed by atoms with Crippen molar-refractivity contribution in [3.63, 3.8) is 0 Å². The van der Waals surface area contributed by atoms with Gasteiger partial charge in [-0.2, -0.15) is 4.31 Å². The van der Waals surface area contributed by atoms with Crippen LogP contribution >= 0.6 is 11.6 Å². The van der Waals surface area contributed by atoms with Crippen LogP contribution in [0.2, 0.25) is 5.02 Å². The molecule has 0 atom stereocenters. The number of anilines is 1. The van der Waals surface area contributed by atoms with Gasteiger partial charge in [-0.25, -0.2) is 8.42 Å². The van der Waals surface area contributed by atoms with Crippen molar-refractivity contribution in [2.45, 2.75) is 11.4 Å². The molecule has 0 radical (unpaired) electrons. The van der Waals surface area contributed by atoms with Gasteiger partial charge >= 0.3 is 0 Å². The Morgan fingerprint density at radius 2 is 1.60 bits per heavy atom. The fourth-order valence-electron chi connectivity index (χ4n) is 2.71. The Labute approximate surface area is 181 Å². The molecule has 0 spiro atoms. The molecule has 1 amide bonds. The Morgan fingerprint density at radius 1 is 0.967 bits per heavy atom. The number of hydrogen-bond acceptors (Lipinski definition) is 4. The summed E-state index contributed by atoms with van der Waals surface area (Å²) in [4.78, 5) is 12.2. The molecule has 0 aromatic heterocycles. The van der Waals surface area contributed by atoms with Gasteiger partial charge < -0.3 is 10.1 Å². The van der Waals surface area contributed by atoms with E-state index in [0.717, 1.165) is 5.56 Å². The molecule has 6 nitrogen and oxygen atoms in total. The van der Waals surface area contributed by atoms with Crippen LogP contribution in [0, 0.1) is 0 Å². The third kappa shape index (κ3) is 5.60. The summed E-state index contributed by atoms with van der Waals surface area (Å²) in [5.41, 5.74) is 1.39. The minimum absolute atomic E-state index is 0.147. The smallest absolute Gasteiger partial charge is 0.262 e. The van der Waals surface area contributed by atoms with E-state index in [1.165, 1.54) is 35.6 Å². The van der Waals surface area contributed by atoms with Gasteiger partial charge in [-0.05, 0) is 42.0 Å². The highest BCUT2D eigenvalue weighted by Gasteiger charge is 2.21. The lowest BCUT2D eigenvalue weighted by Crippen LogP contribution is -2.26. The van der Waals surface area contributed by atoms with Crippen molar-refractivity contribution >= 4 is 33.2 Å². The summed E-state index contributed by atoms with van der Waals surface area (Å²) < 4.78 is 32.2. The number of amides is 1. The molecule has 0 aliphatic rings. The lowest BCUT2D eigenvalue weighted by Gasteiger charge is -2.17. The van der Waals surface area contributed by atoms with Crippen LogP contribution in [-0.4, -0.2) is 32.3 Å². The summed E-state index contributed by atoms with van der Waals surface area (Å²) in [5.74, 6) is 0.0105. The quantitative estimate of drug-likeness (QED) is 0.565. The minimum atomic E-state index is -3.65. The zero-order chi connectivity index (χ0) is 21.6. The van der Waals surface area contributed by atoms with Crippen molar-refractivity contribution in [3.05, 3.63) is 89.4 Å². The summed E-state index contributed by atoms with van der Waals surface area (Å²) in [6, 6.07) is 22.2. The van der Waals surface area contributed by atoms with E-state index >= 15 is 0 Å². The van der Waals surface area contributed by atoms with Gasteiger partial charge in [-0.1, -0.05) is 54.1 Å². The van der Waals surface area contributed by atoms with Crippen LogP contribution in [-0.2, 0) is 21.4 Å². The molecular formula is C22H21ClN2O4S. The summed E-state index contributed by atoms with van der Waals surface area (Å²) in [7, 11) is -2.11. The summed E-state index contributed by atoms with van der Waals surface area (Å²) in [6.07, 6.45) is 0. The summed E-state index contributed by atoms with van der Waals surface area (Å²) >= 11 is 6.01. The normalized spacial score (nSPS) is 11.3. The van der Waals surface area contributed by atoms with Crippen LogP contribution in [0.3, 0.4) is 0 Å². The second-order valence-corrected chi connectivity index (χ2v) is 8.99. The first-order valence-electron chi connectivity index (χ1n) is 9.14. The number of ether oxygens (including phenoxy) is 1. The maximum atomic E-state index is 12.8. The maximum absolute atomic E-state index is 12.8. The Hall–Kier alpha value is -2.87. The van der Waals surface area contributed by atoms with E-state index in [2.05, 4.69) is 5.32 Å². The van der Waals surface area contributed by atoms with E-state index in [1.54, 1.807) is 24.3 Å². The third-order valence-electron chi connectivity index (χ3n) is 4.30. The van der Waals surface area contributed by atoms with Gasteiger partial charge in [0.1, 0.15) is 5.75 Å². The molecule has 0 bridgehead atoms. The van der Waals surface area contributed by atoms with Crippen LogP contribution in [0.1, 0.15) is 5.56 Å². The number of carbonyl (C=O) groups excluding carboxylic acids is 1. The van der Waals surface area contributed by atoms with Crippen LogP contribution < -0.4 is 10.1 Å². The van der Waals surface area contributed by atoms with Crippen molar-refractivity contribution in [1.82, 2.24) is 4.31 Å². The Balaban J connectivity index is 1.58. The van der Waals surface area contributed by atoms with Crippen LogP contribution in [0.5, 0.6) is 5.75 Å². The van der Waals surface area contributed by atoms with Crippen molar-refractivity contribution in [3.8, 4) is 5.75 Å². The average molecular weight is 445 g/mol. The maximum Gasteiger partial charge on any atom is 0.262 e. The molecule has 0 fully saturated rings. The van der Waals surface area contributed by atoms with E-state index in [-0.39, 0.29) is 24.0 Å². The van der Waals surface area contributed by atoms with Gasteiger partial charge in [0.25, 0.3) is 5.91 Å². The minimum Gasteiger partial charge on any atom is -0.484 e. The molecule has 0 heterocycles. The highest BCUT2D eigenvalue weighted by Crippen LogP contribution is 2.22. The fraction of sp³-hybridized carbons (Fsp3) is 0.136. The first-order valence-corrected chi connectivity index (χ1v) is 11.0. The van der Waals surface area contributed by atoms with Crippen molar-refractivity contribution in [1.29, 1.82) is 0 Å². The molecule has 30 heavy (non-hydrogen) atoms. The lowest BCUT2D eigenvalue weighted by molar-refractivity contribution is -0.118. The zero-order valence-corrected chi connectivity index (χ0v) is 17.9. The Morgan fingerprint density at radius 3 is 2.27 bits per heavy atom. The van der Waals surface area contributed by atoms with Gasteiger partial charge in [-0.15, -0.1) is 0 Å². The van der Waals surface area contributed by atoms with Crippen LogP contribution in [0.4, 0.5) is 5.69 Å². The number of nitrogens with one attached hydrogen (secondary N) is 1. The number of hydrogen-bond donors (Lipinski definition) is 1. The molecule has 156 valence electrons. The standard InChI is InChI=1S/C22H21ClN2O4S/c1-25(15-17-7-3-2-4-8-17)30(27,28)19-13-11-18(12-14-19)29-16-22(26)24-21-10-6-5-9-20(21)23/h2-14H,15-16H2,1H3,(H,24,26). The number of halogens is 1. The van der Waals surface area contributed by atoms with Gasteiger partial charge in [0, 0.05) is 13.6 Å². The van der Waals surface area contributed by atoms with E-state index in [1.807, 2.05) is 30.3 Å². The number of sulfonamides is 1. The molecule has 1 N–H and O–H groups in total. The number of rotatable bonds is 8. The molecule has 0 saturated heterocycles. The molecule has 3 rings (SSSR count). The van der Waals surface area contributed by atoms with E-state index in [4.69, 9.17) is 16.3 Å². The predicted molar refractivity (Wildman–Crippen MR) is 117 cm³/mol. The first kappa shape index (κ1) is 21.8. The molecule has 0 unspecified atom stereocenters. The van der Waals surface area contributed by atoms with Crippen LogP contribution in [0.15, 0.2) is 83.8 Å².